The van der Waals surface area contributed by atoms with Gasteiger partial charge in [-0.2, -0.15) is 4.31 Å². The summed E-state index contributed by atoms with van der Waals surface area (Å²) in [5, 5.41) is 4.85. The van der Waals surface area contributed by atoms with Crippen LogP contribution in [0, 0.1) is 6.92 Å². The Morgan fingerprint density at radius 1 is 1.08 bits per heavy atom. The van der Waals surface area contributed by atoms with E-state index in [2.05, 4.69) is 30.1 Å². The van der Waals surface area contributed by atoms with E-state index in [9.17, 15) is 13.2 Å². The number of thiophene rings is 1. The van der Waals surface area contributed by atoms with Crippen LogP contribution in [-0.2, 0) is 27.8 Å². The fourth-order valence-electron chi connectivity index (χ4n) is 5.49. The number of fused-ring (bicyclic) bond motifs is 2. The molecule has 1 atom stereocenters. The second-order valence-corrected chi connectivity index (χ2v) is 14.6. The number of nitrogens with zero attached hydrogens (tertiary/aromatic N) is 3. The van der Waals surface area contributed by atoms with Crippen molar-refractivity contribution in [3.63, 3.8) is 0 Å². The largest absolute Gasteiger partial charge is 0.316 e. The fraction of sp³-hybridized carbons (Fsp3) is 0.379. The van der Waals surface area contributed by atoms with Gasteiger partial charge in [0.1, 0.15) is 16.1 Å². The number of amides is 1. The molecule has 2 aliphatic heterocycles. The van der Waals surface area contributed by atoms with Gasteiger partial charge in [0.25, 0.3) is 0 Å². The van der Waals surface area contributed by atoms with Crippen LogP contribution in [0.3, 0.4) is 0 Å². The fourth-order valence-corrected chi connectivity index (χ4v) is 9.53. The lowest BCUT2D eigenvalue weighted by Crippen LogP contribution is -2.43. The molecule has 1 amide bonds. The molecule has 7 nitrogen and oxygen atoms in total. The van der Waals surface area contributed by atoms with Crippen molar-refractivity contribution < 1.29 is 13.2 Å². The van der Waals surface area contributed by atoms with Gasteiger partial charge in [-0.3, -0.25) is 9.69 Å². The smallest absolute Gasteiger partial charge is 0.243 e. The molecule has 4 aromatic rings. The molecule has 4 heterocycles. The van der Waals surface area contributed by atoms with Crippen molar-refractivity contribution >= 4 is 53.8 Å². The molecule has 0 bridgehead atoms. The summed E-state index contributed by atoms with van der Waals surface area (Å²) in [5.74, 6) is -0.273. The Bertz CT molecular complexity index is 1610. The molecule has 0 radical (unpaired) electrons. The highest BCUT2D eigenvalue weighted by molar-refractivity contribution is 7.89. The van der Waals surface area contributed by atoms with Crippen molar-refractivity contribution in [1.29, 1.82) is 0 Å². The van der Waals surface area contributed by atoms with E-state index in [1.54, 1.807) is 46.9 Å². The third kappa shape index (κ3) is 4.93. The highest BCUT2D eigenvalue weighted by atomic mass is 32.2. The Morgan fingerprint density at radius 3 is 2.59 bits per heavy atom. The second kappa shape index (κ2) is 10.4. The number of anilines is 1. The standard InChI is InChI=1S/C29H32N4O3S3/c1-18(2)32-16-14-21-25(17-32)38-29(26(21)28-30-22-7-4-5-9-24(22)37-28)31-27(34)23-8-6-15-33(23)39(35,36)20-12-10-19(3)11-13-20/h4-5,7,9-13,18,23H,6,8,14-17H2,1-3H3,(H,31,34). The first-order chi connectivity index (χ1) is 18.7. The van der Waals surface area contributed by atoms with Crippen LogP contribution >= 0.6 is 22.7 Å². The van der Waals surface area contributed by atoms with Gasteiger partial charge in [-0.15, -0.1) is 22.7 Å². The van der Waals surface area contributed by atoms with Gasteiger partial charge in [0.15, 0.2) is 0 Å². The van der Waals surface area contributed by atoms with Gasteiger partial charge < -0.3 is 5.32 Å². The molecule has 1 unspecified atom stereocenters. The molecule has 1 N–H and O–H groups in total. The zero-order valence-corrected chi connectivity index (χ0v) is 24.8. The number of benzene rings is 2. The van der Waals surface area contributed by atoms with Crippen molar-refractivity contribution in [3.8, 4) is 10.6 Å². The average Bonchev–Trinajstić information content (AvgIpc) is 3.64. The third-order valence-corrected chi connectivity index (χ3v) is 11.8. The quantitative estimate of drug-likeness (QED) is 0.308. The van der Waals surface area contributed by atoms with Crippen LogP contribution in [-0.4, -0.2) is 53.7 Å². The average molecular weight is 581 g/mol. The summed E-state index contributed by atoms with van der Waals surface area (Å²) in [7, 11) is -3.78. The number of sulfonamides is 1. The molecule has 204 valence electrons. The van der Waals surface area contributed by atoms with E-state index < -0.39 is 16.1 Å². The highest BCUT2D eigenvalue weighted by Crippen LogP contribution is 2.46. The van der Waals surface area contributed by atoms with Gasteiger partial charge in [0.2, 0.25) is 15.9 Å². The predicted molar refractivity (Wildman–Crippen MR) is 159 cm³/mol. The Labute approximate surface area is 237 Å². The Kier molecular flexibility index (Phi) is 7.09. The molecule has 1 fully saturated rings. The summed E-state index contributed by atoms with van der Waals surface area (Å²) in [6, 6.07) is 14.6. The number of hydrogen-bond acceptors (Lipinski definition) is 7. The summed E-state index contributed by atoms with van der Waals surface area (Å²) in [6.07, 6.45) is 2.04. The van der Waals surface area contributed by atoms with Crippen molar-refractivity contribution in [1.82, 2.24) is 14.2 Å². The summed E-state index contributed by atoms with van der Waals surface area (Å²) >= 11 is 3.24. The van der Waals surface area contributed by atoms with Gasteiger partial charge in [-0.05, 0) is 69.9 Å². The maximum atomic E-state index is 13.8. The molecule has 2 aliphatic rings. The minimum absolute atomic E-state index is 0.225. The Morgan fingerprint density at radius 2 is 1.85 bits per heavy atom. The normalized spacial score (nSPS) is 18.6. The van der Waals surface area contributed by atoms with Crippen LogP contribution < -0.4 is 5.32 Å². The second-order valence-electron chi connectivity index (χ2n) is 10.6. The van der Waals surface area contributed by atoms with E-state index in [1.807, 2.05) is 25.1 Å². The summed E-state index contributed by atoms with van der Waals surface area (Å²) in [4.78, 5) is 22.6. The molecule has 6 rings (SSSR count). The molecule has 1 saturated heterocycles. The minimum Gasteiger partial charge on any atom is -0.316 e. The molecule has 0 saturated carbocycles. The molecule has 2 aromatic carbocycles. The van der Waals surface area contributed by atoms with E-state index in [4.69, 9.17) is 4.98 Å². The first-order valence-corrected chi connectivity index (χ1v) is 16.4. The third-order valence-electron chi connectivity index (χ3n) is 7.70. The number of hydrogen-bond donors (Lipinski definition) is 1. The maximum Gasteiger partial charge on any atom is 0.243 e. The van der Waals surface area contributed by atoms with E-state index >= 15 is 0 Å². The molecular weight excluding hydrogens is 549 g/mol. The van der Waals surface area contributed by atoms with Crippen LogP contribution in [0.15, 0.2) is 53.4 Å². The van der Waals surface area contributed by atoms with Crippen LogP contribution in [0.5, 0.6) is 0 Å². The monoisotopic (exact) mass is 580 g/mol. The molecule has 0 aliphatic carbocycles. The van der Waals surface area contributed by atoms with Crippen LogP contribution in [0.25, 0.3) is 20.8 Å². The number of carbonyl (C=O) groups is 1. The Balaban J connectivity index is 1.35. The van der Waals surface area contributed by atoms with E-state index in [-0.39, 0.29) is 10.8 Å². The molecule has 0 spiro atoms. The lowest BCUT2D eigenvalue weighted by molar-refractivity contribution is -0.119. The lowest BCUT2D eigenvalue weighted by Gasteiger charge is -2.30. The first-order valence-electron chi connectivity index (χ1n) is 13.4. The number of para-hydroxylation sites is 1. The SMILES string of the molecule is Cc1ccc(S(=O)(=O)N2CCCC2C(=O)Nc2sc3c(c2-c2nc4ccccc4s2)CCN(C(C)C)C3)cc1. The van der Waals surface area contributed by atoms with Gasteiger partial charge in [-0.25, -0.2) is 13.4 Å². The topological polar surface area (TPSA) is 82.6 Å². The highest BCUT2D eigenvalue weighted by Gasteiger charge is 2.40. The van der Waals surface area contributed by atoms with Gasteiger partial charge >= 0.3 is 0 Å². The minimum atomic E-state index is -3.78. The van der Waals surface area contributed by atoms with Gasteiger partial charge in [0.05, 0.1) is 15.1 Å². The van der Waals surface area contributed by atoms with Crippen molar-refractivity contribution in [2.24, 2.45) is 0 Å². The van der Waals surface area contributed by atoms with Crippen molar-refractivity contribution in [2.45, 2.75) is 63.6 Å². The number of nitrogens with one attached hydrogen (secondary N) is 1. The summed E-state index contributed by atoms with van der Waals surface area (Å²) < 4.78 is 29.5. The van der Waals surface area contributed by atoms with E-state index in [1.165, 1.54) is 14.7 Å². The molecule has 10 heteroatoms. The van der Waals surface area contributed by atoms with Crippen molar-refractivity contribution in [3.05, 3.63) is 64.5 Å². The number of thiazole rings is 1. The van der Waals surface area contributed by atoms with E-state index in [0.29, 0.717) is 25.4 Å². The zero-order chi connectivity index (χ0) is 27.3. The number of aryl methyl sites for hydroxylation is 1. The zero-order valence-electron chi connectivity index (χ0n) is 22.3. The summed E-state index contributed by atoms with van der Waals surface area (Å²) in [5.41, 5.74) is 4.19. The summed E-state index contributed by atoms with van der Waals surface area (Å²) in [6.45, 7) is 8.47. The molecular formula is C29H32N4O3S3. The predicted octanol–water partition coefficient (Wildman–Crippen LogP) is 5.89. The van der Waals surface area contributed by atoms with E-state index in [0.717, 1.165) is 50.9 Å². The van der Waals surface area contributed by atoms with Crippen LogP contribution in [0.4, 0.5) is 5.00 Å². The molecule has 2 aromatic heterocycles. The number of aromatic nitrogens is 1. The first kappa shape index (κ1) is 26.6. The van der Waals surface area contributed by atoms with Crippen molar-refractivity contribution in [2.75, 3.05) is 18.4 Å². The lowest BCUT2D eigenvalue weighted by atomic mass is 10.0. The van der Waals surface area contributed by atoms with Gasteiger partial charge in [0, 0.05) is 36.1 Å². The van der Waals surface area contributed by atoms with Crippen LogP contribution in [0.1, 0.15) is 42.7 Å². The van der Waals surface area contributed by atoms with Gasteiger partial charge in [-0.1, -0.05) is 29.8 Å². The van der Waals surface area contributed by atoms with Crippen LogP contribution in [0.2, 0.25) is 0 Å². The maximum absolute atomic E-state index is 13.8. The molecule has 39 heavy (non-hydrogen) atoms. The number of rotatable bonds is 6. The Hall–Kier alpha value is -2.63. The number of carbonyl (C=O) groups excluding carboxylic acids is 1.